The zero-order valence-electron chi connectivity index (χ0n) is 18.0. The Bertz CT molecular complexity index is 962. The number of imidazole rings is 1. The second-order valence-electron chi connectivity index (χ2n) is 8.64. The summed E-state index contributed by atoms with van der Waals surface area (Å²) in [7, 11) is 2.13. The van der Waals surface area contributed by atoms with Crippen LogP contribution in [0.5, 0.6) is 0 Å². The first-order valence-electron chi connectivity index (χ1n) is 10.7. The number of hydrogen-bond donors (Lipinski definition) is 0. The number of rotatable bonds is 5. The Kier molecular flexibility index (Phi) is 7.02. The van der Waals surface area contributed by atoms with E-state index >= 15 is 0 Å². The third kappa shape index (κ3) is 3.80. The predicted octanol–water partition coefficient (Wildman–Crippen LogP) is 2.29. The highest BCUT2D eigenvalue weighted by Crippen LogP contribution is 2.49. The number of hydrogen-bond acceptors (Lipinski definition) is 1. The SMILES string of the molecule is CC(C)c1n(C2CCC(C(C#N)(c3ccccc3)c3ccccc3)C2)cc[n+]1C.[I-]. The van der Waals surface area contributed by atoms with E-state index in [1.807, 2.05) is 12.1 Å². The summed E-state index contributed by atoms with van der Waals surface area (Å²) in [6.45, 7) is 4.51. The predicted molar refractivity (Wildman–Crippen MR) is 115 cm³/mol. The first kappa shape index (κ1) is 22.6. The molecule has 0 spiro atoms. The molecule has 1 fully saturated rings. The van der Waals surface area contributed by atoms with E-state index in [0.717, 1.165) is 30.4 Å². The molecule has 1 aromatic heterocycles. The van der Waals surface area contributed by atoms with Gasteiger partial charge in [-0.1, -0.05) is 74.5 Å². The van der Waals surface area contributed by atoms with Crippen molar-refractivity contribution in [2.45, 2.75) is 50.5 Å². The van der Waals surface area contributed by atoms with E-state index in [-0.39, 0.29) is 29.9 Å². The Hall–Kier alpha value is -2.13. The van der Waals surface area contributed by atoms with Gasteiger partial charge in [-0.3, -0.25) is 0 Å². The molecule has 1 aliphatic rings. The Labute approximate surface area is 197 Å². The van der Waals surface area contributed by atoms with Crippen molar-refractivity contribution < 1.29 is 28.5 Å². The molecule has 156 valence electrons. The molecule has 0 N–H and O–H groups in total. The van der Waals surface area contributed by atoms with E-state index in [0.29, 0.717) is 12.0 Å². The van der Waals surface area contributed by atoms with E-state index in [2.05, 4.69) is 97.0 Å². The number of halogens is 1. The molecule has 2 unspecified atom stereocenters. The first-order chi connectivity index (χ1) is 14.1. The number of nitrogens with zero attached hydrogens (tertiary/aromatic N) is 3. The summed E-state index contributed by atoms with van der Waals surface area (Å²) in [5.41, 5.74) is 1.62. The van der Waals surface area contributed by atoms with Crippen LogP contribution in [0.3, 0.4) is 0 Å². The van der Waals surface area contributed by atoms with Gasteiger partial charge in [0.05, 0.1) is 19.0 Å². The summed E-state index contributed by atoms with van der Waals surface area (Å²) in [5, 5.41) is 10.6. The van der Waals surface area contributed by atoms with Gasteiger partial charge in [0.1, 0.15) is 23.9 Å². The molecule has 1 saturated carbocycles. The summed E-state index contributed by atoms with van der Waals surface area (Å²) < 4.78 is 4.70. The number of benzene rings is 2. The topological polar surface area (TPSA) is 32.6 Å². The summed E-state index contributed by atoms with van der Waals surface area (Å²) in [6.07, 6.45) is 7.57. The molecule has 1 aliphatic carbocycles. The van der Waals surface area contributed by atoms with Gasteiger partial charge >= 0.3 is 0 Å². The summed E-state index contributed by atoms with van der Waals surface area (Å²) in [5.74, 6) is 2.12. The van der Waals surface area contributed by atoms with Crippen LogP contribution < -0.4 is 28.5 Å². The molecule has 0 amide bonds. The highest BCUT2D eigenvalue weighted by molar-refractivity contribution is 5.47. The lowest BCUT2D eigenvalue weighted by molar-refractivity contribution is -0.680. The highest BCUT2D eigenvalue weighted by Gasteiger charge is 2.47. The van der Waals surface area contributed by atoms with Crippen molar-refractivity contribution in [3.05, 3.63) is 90.0 Å². The van der Waals surface area contributed by atoms with Crippen LogP contribution in [0.1, 0.15) is 62.0 Å². The summed E-state index contributed by atoms with van der Waals surface area (Å²) in [4.78, 5) is 0. The van der Waals surface area contributed by atoms with Crippen LogP contribution in [-0.4, -0.2) is 4.57 Å². The van der Waals surface area contributed by atoms with E-state index in [9.17, 15) is 5.26 Å². The minimum absolute atomic E-state index is 0. The van der Waals surface area contributed by atoms with Crippen molar-refractivity contribution >= 4 is 0 Å². The molecule has 0 radical (unpaired) electrons. The number of aryl methyl sites for hydroxylation is 1. The maximum atomic E-state index is 10.6. The minimum atomic E-state index is -0.607. The van der Waals surface area contributed by atoms with E-state index in [4.69, 9.17) is 0 Å². The van der Waals surface area contributed by atoms with Crippen molar-refractivity contribution in [3.8, 4) is 6.07 Å². The lowest BCUT2D eigenvalue weighted by Crippen LogP contribution is -3.00. The van der Waals surface area contributed by atoms with Gasteiger partial charge in [0.25, 0.3) is 5.82 Å². The van der Waals surface area contributed by atoms with Gasteiger partial charge in [-0.15, -0.1) is 0 Å². The van der Waals surface area contributed by atoms with Gasteiger partial charge < -0.3 is 24.0 Å². The third-order valence-corrected chi connectivity index (χ3v) is 6.64. The second-order valence-corrected chi connectivity index (χ2v) is 8.64. The fraction of sp³-hybridized carbons (Fsp3) is 0.385. The lowest BCUT2D eigenvalue weighted by Gasteiger charge is -2.34. The van der Waals surface area contributed by atoms with E-state index in [1.54, 1.807) is 0 Å². The summed E-state index contributed by atoms with van der Waals surface area (Å²) >= 11 is 0. The Balaban J connectivity index is 0.00000256. The van der Waals surface area contributed by atoms with Crippen LogP contribution in [0.25, 0.3) is 0 Å². The molecule has 3 aromatic rings. The van der Waals surface area contributed by atoms with Gasteiger partial charge in [-0.05, 0) is 36.3 Å². The molecular weight excluding hydrogens is 481 g/mol. The molecule has 0 bridgehead atoms. The molecule has 0 saturated heterocycles. The molecular formula is C26H30IN3. The zero-order valence-corrected chi connectivity index (χ0v) is 20.2. The molecule has 2 atom stereocenters. The normalized spacial score (nSPS) is 18.8. The maximum Gasteiger partial charge on any atom is 0.258 e. The quantitative estimate of drug-likeness (QED) is 0.383. The van der Waals surface area contributed by atoms with Crippen LogP contribution >= 0.6 is 0 Å². The van der Waals surface area contributed by atoms with Crippen LogP contribution in [0, 0.1) is 17.2 Å². The van der Waals surface area contributed by atoms with Gasteiger partial charge in [0.15, 0.2) is 0 Å². The van der Waals surface area contributed by atoms with Crippen molar-refractivity contribution in [2.75, 3.05) is 0 Å². The van der Waals surface area contributed by atoms with Gasteiger partial charge in [-0.25, -0.2) is 9.13 Å². The van der Waals surface area contributed by atoms with Crippen molar-refractivity contribution in [3.63, 3.8) is 0 Å². The Morgan fingerprint density at radius 2 is 1.57 bits per heavy atom. The Morgan fingerprint density at radius 1 is 1.00 bits per heavy atom. The van der Waals surface area contributed by atoms with Gasteiger partial charge in [0.2, 0.25) is 0 Å². The van der Waals surface area contributed by atoms with Crippen molar-refractivity contribution in [1.82, 2.24) is 4.57 Å². The summed E-state index contributed by atoms with van der Waals surface area (Å²) in [6, 6.07) is 24.0. The number of aromatic nitrogens is 2. The van der Waals surface area contributed by atoms with E-state index < -0.39 is 5.41 Å². The molecule has 2 aromatic carbocycles. The molecule has 30 heavy (non-hydrogen) atoms. The average molecular weight is 511 g/mol. The first-order valence-corrected chi connectivity index (χ1v) is 10.7. The highest BCUT2D eigenvalue weighted by atomic mass is 127. The third-order valence-electron chi connectivity index (χ3n) is 6.64. The molecule has 4 heteroatoms. The lowest BCUT2D eigenvalue weighted by atomic mass is 9.66. The smallest absolute Gasteiger partial charge is 0.258 e. The molecule has 3 nitrogen and oxygen atoms in total. The van der Waals surface area contributed by atoms with Crippen LogP contribution in [0.2, 0.25) is 0 Å². The minimum Gasteiger partial charge on any atom is -1.00 e. The molecule has 1 heterocycles. The molecule has 4 rings (SSSR count). The van der Waals surface area contributed by atoms with Gasteiger partial charge in [0, 0.05) is 0 Å². The van der Waals surface area contributed by atoms with Crippen LogP contribution in [0.15, 0.2) is 73.1 Å². The fourth-order valence-corrected chi connectivity index (χ4v) is 5.39. The monoisotopic (exact) mass is 511 g/mol. The van der Waals surface area contributed by atoms with Gasteiger partial charge in [-0.2, -0.15) is 5.26 Å². The molecule has 0 aliphatic heterocycles. The van der Waals surface area contributed by atoms with Crippen LogP contribution in [0.4, 0.5) is 0 Å². The van der Waals surface area contributed by atoms with Crippen molar-refractivity contribution in [1.29, 1.82) is 5.26 Å². The standard InChI is InChI=1S/C26H30N3.HI/c1-20(2)25-28(3)16-17-29(25)24-15-14-23(18-24)26(19-27,21-10-6-4-7-11-21)22-12-8-5-9-13-22;/h4-13,16-17,20,23-24H,14-15,18H2,1-3H3;1H/q+1;/p-1. The van der Waals surface area contributed by atoms with Crippen LogP contribution in [-0.2, 0) is 12.5 Å². The maximum absolute atomic E-state index is 10.6. The second kappa shape index (κ2) is 9.34. The van der Waals surface area contributed by atoms with E-state index in [1.165, 1.54) is 5.82 Å². The van der Waals surface area contributed by atoms with Crippen molar-refractivity contribution in [2.24, 2.45) is 13.0 Å². The zero-order chi connectivity index (χ0) is 20.4. The number of nitriles is 1. The fourth-order valence-electron chi connectivity index (χ4n) is 5.39. The Morgan fingerprint density at radius 3 is 2.07 bits per heavy atom. The average Bonchev–Trinajstić information content (AvgIpc) is 3.38. The largest absolute Gasteiger partial charge is 1.00 e.